The summed E-state index contributed by atoms with van der Waals surface area (Å²) in [5.74, 6) is -1.57. The minimum Gasteiger partial charge on any atom is -0.376 e. The summed E-state index contributed by atoms with van der Waals surface area (Å²) in [5, 5.41) is 3.18. The largest absolute Gasteiger partial charge is 0.376 e. The second-order valence-corrected chi connectivity index (χ2v) is 6.09. The number of amides is 2. The third kappa shape index (κ3) is 5.60. The van der Waals surface area contributed by atoms with Gasteiger partial charge in [-0.05, 0) is 43.7 Å². The van der Waals surface area contributed by atoms with Crippen molar-refractivity contribution in [3.63, 3.8) is 0 Å². The molecule has 2 aromatic rings. The zero-order valence-corrected chi connectivity index (χ0v) is 15.2. The average molecular weight is 376 g/mol. The van der Waals surface area contributed by atoms with Gasteiger partial charge in [-0.15, -0.1) is 0 Å². The van der Waals surface area contributed by atoms with Crippen molar-refractivity contribution in [1.29, 1.82) is 0 Å². The Morgan fingerprint density at radius 2 is 1.92 bits per heavy atom. The topological polar surface area (TPSA) is 70.2 Å². The molecule has 2 aromatic carbocycles. The van der Waals surface area contributed by atoms with Crippen molar-refractivity contribution >= 4 is 35.2 Å². The summed E-state index contributed by atoms with van der Waals surface area (Å²) in [6.45, 7) is 3.92. The Labute approximate surface area is 156 Å². The van der Waals surface area contributed by atoms with Crippen LogP contribution in [0.15, 0.2) is 42.5 Å². The van der Waals surface area contributed by atoms with Crippen molar-refractivity contribution in [2.45, 2.75) is 13.8 Å². The Hall–Kier alpha value is -2.86. The van der Waals surface area contributed by atoms with Crippen molar-refractivity contribution in [2.75, 3.05) is 11.9 Å². The van der Waals surface area contributed by atoms with Crippen LogP contribution < -0.4 is 16.2 Å². The van der Waals surface area contributed by atoms with Crippen LogP contribution in [0.3, 0.4) is 0 Å². The molecule has 0 aliphatic heterocycles. The van der Waals surface area contributed by atoms with Crippen LogP contribution in [-0.2, 0) is 9.59 Å². The molecule has 2 amide bonds. The first kappa shape index (κ1) is 19.5. The number of rotatable bonds is 5. The predicted octanol–water partition coefficient (Wildman–Crippen LogP) is 3.37. The molecule has 0 saturated heterocycles. The van der Waals surface area contributed by atoms with Crippen LogP contribution >= 0.6 is 11.6 Å². The standard InChI is InChI=1S/C19H19ClFN3O2/c1-12-6-8-17(13(2)10-12)22-11-19(26)24-23-18(25)9-7-14-15(20)4-3-5-16(14)21/h3-10,22H,11H2,1-2H3,(H,23,25)(H,24,26)/b9-7+. The maximum absolute atomic E-state index is 13.6. The summed E-state index contributed by atoms with van der Waals surface area (Å²) in [6.07, 6.45) is 2.33. The lowest BCUT2D eigenvalue weighted by atomic mass is 10.1. The summed E-state index contributed by atoms with van der Waals surface area (Å²) in [4.78, 5) is 23.5. The molecule has 5 nitrogen and oxygen atoms in total. The zero-order valence-electron chi connectivity index (χ0n) is 14.4. The number of carbonyl (C=O) groups is 2. The molecule has 26 heavy (non-hydrogen) atoms. The first-order chi connectivity index (χ1) is 12.4. The lowest BCUT2D eigenvalue weighted by Gasteiger charge is -2.10. The highest BCUT2D eigenvalue weighted by Crippen LogP contribution is 2.20. The highest BCUT2D eigenvalue weighted by molar-refractivity contribution is 6.32. The number of carbonyl (C=O) groups excluding carboxylic acids is 2. The Morgan fingerprint density at radius 1 is 1.15 bits per heavy atom. The Morgan fingerprint density at radius 3 is 2.62 bits per heavy atom. The van der Waals surface area contributed by atoms with E-state index in [1.807, 2.05) is 32.0 Å². The molecule has 2 rings (SSSR count). The van der Waals surface area contributed by atoms with E-state index in [-0.39, 0.29) is 17.1 Å². The van der Waals surface area contributed by atoms with Crippen molar-refractivity contribution in [2.24, 2.45) is 0 Å². The molecular weight excluding hydrogens is 357 g/mol. The van der Waals surface area contributed by atoms with Crippen LogP contribution in [0.2, 0.25) is 5.02 Å². The summed E-state index contributed by atoms with van der Waals surface area (Å²) in [6, 6.07) is 10.1. The molecule has 0 unspecified atom stereocenters. The van der Waals surface area contributed by atoms with E-state index < -0.39 is 17.6 Å². The lowest BCUT2D eigenvalue weighted by Crippen LogP contribution is -2.43. The summed E-state index contributed by atoms with van der Waals surface area (Å²) in [5.41, 5.74) is 7.58. The van der Waals surface area contributed by atoms with E-state index in [9.17, 15) is 14.0 Å². The van der Waals surface area contributed by atoms with E-state index >= 15 is 0 Å². The number of hydrogen-bond acceptors (Lipinski definition) is 3. The van der Waals surface area contributed by atoms with Crippen LogP contribution in [-0.4, -0.2) is 18.4 Å². The average Bonchev–Trinajstić information content (AvgIpc) is 2.58. The number of hydrogen-bond donors (Lipinski definition) is 3. The second kappa shape index (κ2) is 9.01. The van der Waals surface area contributed by atoms with Crippen LogP contribution in [0.1, 0.15) is 16.7 Å². The van der Waals surface area contributed by atoms with Crippen LogP contribution in [0.25, 0.3) is 6.08 Å². The Kier molecular flexibility index (Phi) is 6.74. The molecule has 0 bridgehead atoms. The van der Waals surface area contributed by atoms with Crippen molar-refractivity contribution in [1.82, 2.24) is 10.9 Å². The number of nitrogens with one attached hydrogen (secondary N) is 3. The summed E-state index contributed by atoms with van der Waals surface area (Å²) in [7, 11) is 0. The van der Waals surface area contributed by atoms with Crippen molar-refractivity contribution in [3.8, 4) is 0 Å². The van der Waals surface area contributed by atoms with Gasteiger partial charge in [0.15, 0.2) is 0 Å². The number of halogens is 2. The minimum absolute atomic E-state index is 0.00691. The molecule has 0 aliphatic carbocycles. The molecule has 0 saturated carbocycles. The summed E-state index contributed by atoms with van der Waals surface area (Å²) < 4.78 is 13.6. The minimum atomic E-state index is -0.607. The van der Waals surface area contributed by atoms with Crippen molar-refractivity contribution in [3.05, 3.63) is 70.0 Å². The third-order valence-electron chi connectivity index (χ3n) is 3.55. The van der Waals surface area contributed by atoms with E-state index in [1.165, 1.54) is 24.3 Å². The van der Waals surface area contributed by atoms with E-state index in [4.69, 9.17) is 11.6 Å². The maximum atomic E-state index is 13.6. The van der Waals surface area contributed by atoms with Gasteiger partial charge in [-0.2, -0.15) is 0 Å². The molecule has 0 spiro atoms. The maximum Gasteiger partial charge on any atom is 0.262 e. The van der Waals surface area contributed by atoms with Gasteiger partial charge in [0, 0.05) is 17.3 Å². The molecule has 7 heteroatoms. The number of anilines is 1. The molecule has 0 aliphatic rings. The molecule has 3 N–H and O–H groups in total. The number of benzene rings is 2. The van der Waals surface area contributed by atoms with Gasteiger partial charge in [-0.25, -0.2) is 4.39 Å². The first-order valence-electron chi connectivity index (χ1n) is 7.89. The van der Waals surface area contributed by atoms with Crippen molar-refractivity contribution < 1.29 is 14.0 Å². The molecule has 0 heterocycles. The highest BCUT2D eigenvalue weighted by Gasteiger charge is 2.06. The smallest absolute Gasteiger partial charge is 0.262 e. The van der Waals surface area contributed by atoms with E-state index in [0.717, 1.165) is 22.9 Å². The summed E-state index contributed by atoms with van der Waals surface area (Å²) >= 11 is 5.86. The van der Waals surface area contributed by atoms with Gasteiger partial charge in [-0.3, -0.25) is 20.4 Å². The molecule has 0 atom stereocenters. The number of aryl methyl sites for hydroxylation is 2. The zero-order chi connectivity index (χ0) is 19.1. The Balaban J connectivity index is 1.81. The van der Waals surface area contributed by atoms with Gasteiger partial charge in [0.2, 0.25) is 0 Å². The van der Waals surface area contributed by atoms with Gasteiger partial charge in [0.1, 0.15) is 5.82 Å². The first-order valence-corrected chi connectivity index (χ1v) is 8.26. The van der Waals surface area contributed by atoms with E-state index in [0.29, 0.717) is 0 Å². The fourth-order valence-corrected chi connectivity index (χ4v) is 2.46. The lowest BCUT2D eigenvalue weighted by molar-refractivity contribution is -0.125. The second-order valence-electron chi connectivity index (χ2n) is 5.68. The van der Waals surface area contributed by atoms with E-state index in [2.05, 4.69) is 16.2 Å². The van der Waals surface area contributed by atoms with Gasteiger partial charge >= 0.3 is 0 Å². The van der Waals surface area contributed by atoms with Gasteiger partial charge in [0.05, 0.1) is 11.6 Å². The molecule has 136 valence electrons. The fraction of sp³-hybridized carbons (Fsp3) is 0.158. The molecular formula is C19H19ClFN3O2. The normalized spacial score (nSPS) is 10.6. The molecule has 0 aromatic heterocycles. The highest BCUT2D eigenvalue weighted by atomic mass is 35.5. The monoisotopic (exact) mass is 375 g/mol. The van der Waals surface area contributed by atoms with Gasteiger partial charge < -0.3 is 5.32 Å². The SMILES string of the molecule is Cc1ccc(NCC(=O)NNC(=O)/C=C/c2c(F)cccc2Cl)c(C)c1. The fourth-order valence-electron chi connectivity index (χ4n) is 2.23. The Bertz CT molecular complexity index is 832. The molecule has 0 radical (unpaired) electrons. The van der Waals surface area contributed by atoms with Crippen LogP contribution in [0.5, 0.6) is 0 Å². The van der Waals surface area contributed by atoms with Gasteiger partial charge in [0.25, 0.3) is 11.8 Å². The predicted molar refractivity (Wildman–Crippen MR) is 101 cm³/mol. The van der Waals surface area contributed by atoms with Crippen LogP contribution in [0.4, 0.5) is 10.1 Å². The van der Waals surface area contributed by atoms with Gasteiger partial charge in [-0.1, -0.05) is 35.4 Å². The number of hydrazine groups is 1. The van der Waals surface area contributed by atoms with E-state index in [1.54, 1.807) is 0 Å². The quantitative estimate of drug-likeness (QED) is 0.554. The van der Waals surface area contributed by atoms with Crippen LogP contribution in [0, 0.1) is 19.7 Å². The third-order valence-corrected chi connectivity index (χ3v) is 3.88. The molecule has 0 fully saturated rings.